The van der Waals surface area contributed by atoms with E-state index in [4.69, 9.17) is 40.6 Å². The summed E-state index contributed by atoms with van der Waals surface area (Å²) in [6.45, 7) is 0. The van der Waals surface area contributed by atoms with Crippen LogP contribution in [-0.4, -0.2) is 166 Å². The van der Waals surface area contributed by atoms with E-state index in [0.29, 0.717) is 0 Å². The third kappa shape index (κ3) is 72.2. The van der Waals surface area contributed by atoms with Crippen molar-refractivity contribution in [3.8, 4) is 0 Å². The molecule has 0 aromatic heterocycles. The first-order chi connectivity index (χ1) is 22.6. The molecule has 0 amide bonds. The molecule has 34 heteroatoms. The van der Waals surface area contributed by atoms with E-state index >= 15 is 0 Å². The second-order valence-corrected chi connectivity index (χ2v) is 47.5. The van der Waals surface area contributed by atoms with Crippen LogP contribution in [0.25, 0.3) is 0 Å². The number of halogens is 9. The van der Waals surface area contributed by atoms with Crippen molar-refractivity contribution in [1.82, 2.24) is 0 Å². The van der Waals surface area contributed by atoms with Gasteiger partial charge in [-0.05, 0) is 36.4 Å². The molecule has 0 spiro atoms. The van der Waals surface area contributed by atoms with Crippen molar-refractivity contribution >= 4 is 239 Å². The number of benzene rings is 3. The molecule has 0 aliphatic rings. The Morgan fingerprint density at radius 2 is 0.423 bits per heavy atom. The Hall–Kier alpha value is 4.60. The summed E-state index contributed by atoms with van der Waals surface area (Å²) in [5.74, 6) is 0. The van der Waals surface area contributed by atoms with Gasteiger partial charge in [-0.2, -0.15) is 0 Å². The van der Waals surface area contributed by atoms with Crippen LogP contribution < -0.4 is 13.3 Å². The van der Waals surface area contributed by atoms with Crippen molar-refractivity contribution in [3.05, 3.63) is 86.2 Å². The molecule has 12 N–H and O–H groups in total. The van der Waals surface area contributed by atoms with E-state index in [1.807, 2.05) is 0 Å². The van der Waals surface area contributed by atoms with Gasteiger partial charge in [-0.1, -0.05) is 97.5 Å². The molecule has 3 aromatic rings. The van der Waals surface area contributed by atoms with Crippen LogP contribution in [0.15, 0.2) is 86.2 Å². The molecule has 0 aliphatic heterocycles. The summed E-state index contributed by atoms with van der Waals surface area (Å²) >= 11 is -20.1. The Kier molecular flexibility index (Phi) is 37.2. The van der Waals surface area contributed by atoms with Crippen LogP contribution in [0.5, 0.6) is 0 Å². The molecule has 3 aromatic carbocycles. The molecular weight excluding hydrogens is 1710 g/mol. The fourth-order valence-corrected chi connectivity index (χ4v) is 6.22. The standard InChI is InChI=1S/3C6H4Br.Al.6ClH.12H2O.6O.6Sb/c3*7-6-4-2-1-3-5-6;;;;;;;;;;;;;;;;;;;;;;;;;;;;;;;/h3*2-5H;;6*1H;12*1H2;;;;;;;;;;;;/q;;;;;;;;;;;;;;;;;;;;;;;;;;;;6*+3/p-18. The van der Waals surface area contributed by atoms with Gasteiger partial charge in [0.15, 0.2) is 0 Å². The molecular formula is C18H24AlBr3Cl6O18Sb6. The van der Waals surface area contributed by atoms with Crippen LogP contribution in [-0.2, 0) is 18.1 Å². The monoisotopic (exact) mass is 1730 g/mol. The fraction of sp³-hybridized carbons (Fsp3) is 0. The zero-order chi connectivity index (χ0) is 42.5. The molecule has 52 heavy (non-hydrogen) atoms. The maximum absolute atomic E-state index is 9.18. The van der Waals surface area contributed by atoms with Gasteiger partial charge < -0.3 is 0 Å². The second kappa shape index (κ2) is 30.6. The van der Waals surface area contributed by atoms with Crippen LogP contribution in [0.2, 0.25) is 0 Å². The summed E-state index contributed by atoms with van der Waals surface area (Å²) in [5, 5.41) is 0. The van der Waals surface area contributed by atoms with Crippen molar-refractivity contribution in [3.63, 3.8) is 0 Å². The first kappa shape index (κ1) is 63.2. The Morgan fingerprint density at radius 3 is 0.519 bits per heavy atom. The molecule has 18 nitrogen and oxygen atoms in total. The Labute approximate surface area is 376 Å². The SMILES string of the molecule is Brc1cc[c]([Al]([c]2ccc(Br)cc2)[c]2ccc(Br)cc2)cc1.[O]=[Sb]([OH])([OH])[Cl].[O]=[Sb]([OH])([OH])[Cl].[O]=[Sb]([OH])([OH])[Cl].[O]=[Sb]([OH])([OH])[Cl].[O]=[Sb]([OH])([OH])[Cl].[O]=[Sb]([OH])([OH])[Cl]. The van der Waals surface area contributed by atoms with Gasteiger partial charge in [0.25, 0.3) is 0 Å². The quantitative estimate of drug-likeness (QED) is 0.139. The third-order valence-corrected chi connectivity index (χ3v) is 8.35. The summed E-state index contributed by atoms with van der Waals surface area (Å²) in [6.07, 6.45) is 0. The van der Waals surface area contributed by atoms with Crippen molar-refractivity contribution < 1.29 is 58.7 Å². The minimum atomic E-state index is -4.88. The molecule has 300 valence electrons. The molecule has 0 heterocycles. The van der Waals surface area contributed by atoms with Crippen LogP contribution >= 0.6 is 101 Å². The Morgan fingerprint density at radius 1 is 0.327 bits per heavy atom. The Bertz CT molecular complexity index is 1420. The van der Waals surface area contributed by atoms with E-state index in [9.17, 15) is 18.1 Å². The predicted molar refractivity (Wildman–Crippen MR) is 207 cm³/mol. The predicted octanol–water partition coefficient (Wildman–Crippen LogP) is -1.05. The van der Waals surface area contributed by atoms with Crippen LogP contribution in [0.3, 0.4) is 0 Å². The summed E-state index contributed by atoms with van der Waals surface area (Å²) < 4.78 is 153. The third-order valence-electron chi connectivity index (χ3n) is 3.61. The van der Waals surface area contributed by atoms with Crippen LogP contribution in [0.4, 0.5) is 0 Å². The average molecular weight is 1740 g/mol. The van der Waals surface area contributed by atoms with Gasteiger partial charge in [-0.25, -0.2) is 0 Å². The van der Waals surface area contributed by atoms with Gasteiger partial charge in [0.2, 0.25) is 0 Å². The summed E-state index contributed by atoms with van der Waals surface area (Å²) in [5.41, 5.74) is 0. The molecule has 0 radical (unpaired) electrons. The molecule has 3 rings (SSSR count). The fourth-order valence-electron chi connectivity index (χ4n) is 2.54. The van der Waals surface area contributed by atoms with Gasteiger partial charge in [0.1, 0.15) is 0 Å². The maximum atomic E-state index is 9.18. The van der Waals surface area contributed by atoms with Gasteiger partial charge in [0, 0.05) is 13.4 Å². The Balaban J connectivity index is -0.000000315. The van der Waals surface area contributed by atoms with E-state index in [-0.39, 0.29) is 0 Å². The van der Waals surface area contributed by atoms with E-state index in [1.165, 1.54) is 13.3 Å². The molecule has 0 aliphatic carbocycles. The summed E-state index contributed by atoms with van der Waals surface area (Å²) in [4.78, 5) is 0. The zero-order valence-electron chi connectivity index (χ0n) is 24.4. The summed E-state index contributed by atoms with van der Waals surface area (Å²) in [6, 6.07) is 26.2. The summed E-state index contributed by atoms with van der Waals surface area (Å²) in [7, 11) is 25.7. The first-order valence-corrected chi connectivity index (χ1v) is 54.9. The van der Waals surface area contributed by atoms with E-state index in [2.05, 4.69) is 174 Å². The second-order valence-electron chi connectivity index (χ2n) is 7.93. The average Bonchev–Trinajstić information content (AvgIpc) is 2.82. The molecule has 0 fully saturated rings. The normalized spacial score (nSPS) is 11.2. The van der Waals surface area contributed by atoms with E-state index < -0.39 is 125 Å². The number of hydrogen-bond acceptors (Lipinski definition) is 6. The van der Waals surface area contributed by atoms with E-state index in [1.54, 1.807) is 0 Å². The number of hydrogen-bond donors (Lipinski definition) is 12. The number of rotatable bonds is 3. The van der Waals surface area contributed by atoms with Crippen molar-refractivity contribution in [2.45, 2.75) is 0 Å². The van der Waals surface area contributed by atoms with Crippen molar-refractivity contribution in [2.24, 2.45) is 0 Å². The first-order valence-electron chi connectivity index (χ1n) is 11.4. The van der Waals surface area contributed by atoms with Crippen LogP contribution in [0, 0.1) is 0 Å². The van der Waals surface area contributed by atoms with Gasteiger partial charge >= 0.3 is 237 Å². The van der Waals surface area contributed by atoms with Crippen LogP contribution in [0.1, 0.15) is 0 Å². The van der Waals surface area contributed by atoms with Gasteiger partial charge in [-0.15, -0.1) is 0 Å². The zero-order valence-corrected chi connectivity index (χ0v) is 50.2. The molecule has 0 unspecified atom stereocenters. The van der Waals surface area contributed by atoms with Crippen molar-refractivity contribution in [2.75, 3.05) is 0 Å². The van der Waals surface area contributed by atoms with Gasteiger partial charge in [-0.3, -0.25) is 0 Å². The molecule has 0 saturated heterocycles. The molecule has 0 bridgehead atoms. The van der Waals surface area contributed by atoms with E-state index in [0.717, 1.165) is 13.4 Å². The van der Waals surface area contributed by atoms with Gasteiger partial charge in [0.05, 0.1) is 0 Å². The van der Waals surface area contributed by atoms with Crippen molar-refractivity contribution in [1.29, 1.82) is 0 Å². The topological polar surface area (TPSA) is 345 Å². The minimum absolute atomic E-state index is 1.12. The molecule has 0 atom stereocenters. The molecule has 0 saturated carbocycles.